The van der Waals surface area contributed by atoms with Crippen molar-refractivity contribution in [2.75, 3.05) is 0 Å². The van der Waals surface area contributed by atoms with E-state index in [9.17, 15) is 5.26 Å². The minimum absolute atomic E-state index is 0.137. The minimum Gasteiger partial charge on any atom is -0.198 e. The SMILES string of the molecule is CC(C)c1ccc2c(c1)CC[C@@H]1[C@@](C)(C#N)CCC[C@@]21C. The molecule has 0 saturated heterocycles. The smallest absolute Gasteiger partial charge is 0.0690 e. The van der Waals surface area contributed by atoms with Crippen molar-refractivity contribution in [3.63, 3.8) is 0 Å². The summed E-state index contributed by atoms with van der Waals surface area (Å²) in [6.45, 7) is 9.15. The van der Waals surface area contributed by atoms with E-state index < -0.39 is 0 Å². The van der Waals surface area contributed by atoms with Crippen LogP contribution in [-0.4, -0.2) is 0 Å². The Morgan fingerprint density at radius 2 is 2.00 bits per heavy atom. The molecule has 1 saturated carbocycles. The largest absolute Gasteiger partial charge is 0.198 e. The molecule has 0 bridgehead atoms. The van der Waals surface area contributed by atoms with Gasteiger partial charge in [-0.1, -0.05) is 45.4 Å². The zero-order valence-electron chi connectivity index (χ0n) is 13.9. The summed E-state index contributed by atoms with van der Waals surface area (Å²) in [4.78, 5) is 0. The molecule has 3 atom stereocenters. The molecular formula is C20H27N. The average Bonchev–Trinajstić information content (AvgIpc) is 2.46. The molecule has 0 spiro atoms. The van der Waals surface area contributed by atoms with E-state index in [0.29, 0.717) is 11.8 Å². The molecule has 1 heteroatoms. The molecule has 0 aliphatic heterocycles. The highest BCUT2D eigenvalue weighted by atomic mass is 14.6. The maximum absolute atomic E-state index is 9.72. The van der Waals surface area contributed by atoms with Gasteiger partial charge in [0.05, 0.1) is 11.5 Å². The molecule has 21 heavy (non-hydrogen) atoms. The van der Waals surface area contributed by atoms with E-state index in [4.69, 9.17) is 0 Å². The fraction of sp³-hybridized carbons (Fsp3) is 0.650. The summed E-state index contributed by atoms with van der Waals surface area (Å²) in [6.07, 6.45) is 5.82. The Morgan fingerprint density at radius 3 is 2.67 bits per heavy atom. The first kappa shape index (κ1) is 14.6. The van der Waals surface area contributed by atoms with Gasteiger partial charge in [-0.25, -0.2) is 0 Å². The third-order valence-corrected chi connectivity index (χ3v) is 6.30. The Kier molecular flexibility index (Phi) is 3.40. The zero-order valence-corrected chi connectivity index (χ0v) is 13.9. The molecule has 0 N–H and O–H groups in total. The highest BCUT2D eigenvalue weighted by Crippen LogP contribution is 2.57. The van der Waals surface area contributed by atoms with Crippen molar-refractivity contribution in [3.8, 4) is 6.07 Å². The molecule has 1 fully saturated rings. The predicted octanol–water partition coefficient (Wildman–Crippen LogP) is 5.34. The van der Waals surface area contributed by atoms with Gasteiger partial charge in [-0.05, 0) is 66.5 Å². The van der Waals surface area contributed by atoms with Crippen LogP contribution < -0.4 is 0 Å². The average molecular weight is 281 g/mol. The summed E-state index contributed by atoms with van der Waals surface area (Å²) in [5.41, 5.74) is 4.59. The lowest BCUT2D eigenvalue weighted by Gasteiger charge is -2.53. The Labute approximate surface area is 129 Å². The third-order valence-electron chi connectivity index (χ3n) is 6.30. The van der Waals surface area contributed by atoms with Crippen molar-refractivity contribution in [3.05, 3.63) is 34.9 Å². The van der Waals surface area contributed by atoms with E-state index >= 15 is 0 Å². The molecule has 0 heterocycles. The molecule has 0 unspecified atom stereocenters. The van der Waals surface area contributed by atoms with Gasteiger partial charge in [0.1, 0.15) is 0 Å². The molecule has 0 aromatic heterocycles. The van der Waals surface area contributed by atoms with E-state index in [0.717, 1.165) is 12.8 Å². The van der Waals surface area contributed by atoms with Gasteiger partial charge in [0.25, 0.3) is 0 Å². The van der Waals surface area contributed by atoms with E-state index in [-0.39, 0.29) is 10.8 Å². The predicted molar refractivity (Wildman–Crippen MR) is 87.3 cm³/mol. The summed E-state index contributed by atoms with van der Waals surface area (Å²) in [5, 5.41) is 9.72. The number of nitrogens with zero attached hydrogens (tertiary/aromatic N) is 1. The number of benzene rings is 1. The Bertz CT molecular complexity index is 594. The topological polar surface area (TPSA) is 23.8 Å². The molecule has 0 amide bonds. The highest BCUT2D eigenvalue weighted by Gasteiger charge is 2.51. The van der Waals surface area contributed by atoms with Crippen LogP contribution in [0.5, 0.6) is 0 Å². The first-order chi connectivity index (χ1) is 9.90. The van der Waals surface area contributed by atoms with Crippen LogP contribution in [0.25, 0.3) is 0 Å². The molecular weight excluding hydrogens is 254 g/mol. The summed E-state index contributed by atoms with van der Waals surface area (Å²) in [5.74, 6) is 1.11. The van der Waals surface area contributed by atoms with Crippen molar-refractivity contribution < 1.29 is 0 Å². The van der Waals surface area contributed by atoms with Crippen LogP contribution in [-0.2, 0) is 11.8 Å². The van der Waals surface area contributed by atoms with Crippen molar-refractivity contribution in [2.45, 2.75) is 71.1 Å². The van der Waals surface area contributed by atoms with Gasteiger partial charge in [-0.3, -0.25) is 0 Å². The summed E-state index contributed by atoms with van der Waals surface area (Å²) < 4.78 is 0. The first-order valence-corrected chi connectivity index (χ1v) is 8.45. The number of aryl methyl sites for hydroxylation is 1. The van der Waals surface area contributed by atoms with Gasteiger partial charge in [-0.2, -0.15) is 5.26 Å². The van der Waals surface area contributed by atoms with Crippen molar-refractivity contribution in [1.29, 1.82) is 5.26 Å². The van der Waals surface area contributed by atoms with Gasteiger partial charge in [0, 0.05) is 0 Å². The van der Waals surface area contributed by atoms with Gasteiger partial charge < -0.3 is 0 Å². The van der Waals surface area contributed by atoms with E-state index in [1.807, 2.05) is 0 Å². The second-order valence-corrected chi connectivity index (χ2v) is 7.96. The number of fused-ring (bicyclic) bond motifs is 3. The van der Waals surface area contributed by atoms with Gasteiger partial charge >= 0.3 is 0 Å². The van der Waals surface area contributed by atoms with E-state index in [1.165, 1.54) is 30.4 Å². The normalized spacial score (nSPS) is 35.0. The van der Waals surface area contributed by atoms with Crippen molar-refractivity contribution >= 4 is 0 Å². The first-order valence-electron chi connectivity index (χ1n) is 8.45. The molecule has 1 aromatic rings. The molecule has 2 aliphatic carbocycles. The van der Waals surface area contributed by atoms with Crippen LogP contribution in [0, 0.1) is 22.7 Å². The fourth-order valence-corrected chi connectivity index (χ4v) is 5.00. The van der Waals surface area contributed by atoms with Crippen LogP contribution in [0.1, 0.15) is 76.0 Å². The van der Waals surface area contributed by atoms with Crippen molar-refractivity contribution in [2.24, 2.45) is 11.3 Å². The van der Waals surface area contributed by atoms with Gasteiger partial charge in [0.15, 0.2) is 0 Å². The van der Waals surface area contributed by atoms with Gasteiger partial charge in [0.2, 0.25) is 0 Å². The highest BCUT2D eigenvalue weighted by molar-refractivity contribution is 5.42. The molecule has 112 valence electrons. The maximum atomic E-state index is 9.72. The standard InChI is InChI=1S/C20H27N/c1-14(2)15-6-8-17-16(12-15)7-9-18-19(3,13-21)10-5-11-20(17,18)4/h6,8,12,14,18H,5,7,9-11H2,1-4H3/t18-,19-,20+/m1/s1. The van der Waals surface area contributed by atoms with E-state index in [2.05, 4.69) is 52.0 Å². The molecule has 0 radical (unpaired) electrons. The van der Waals surface area contributed by atoms with Crippen LogP contribution in [0.2, 0.25) is 0 Å². The number of hydrogen-bond acceptors (Lipinski definition) is 1. The second-order valence-electron chi connectivity index (χ2n) is 7.96. The lowest BCUT2D eigenvalue weighted by atomic mass is 9.50. The van der Waals surface area contributed by atoms with Crippen LogP contribution in [0.15, 0.2) is 18.2 Å². The molecule has 2 aliphatic rings. The number of nitriles is 1. The minimum atomic E-state index is -0.137. The second kappa shape index (κ2) is 4.87. The molecule has 3 rings (SSSR count). The number of hydrogen-bond donors (Lipinski definition) is 0. The third kappa shape index (κ3) is 2.11. The quantitative estimate of drug-likeness (QED) is 0.681. The monoisotopic (exact) mass is 281 g/mol. The molecule has 1 aromatic carbocycles. The van der Waals surface area contributed by atoms with Crippen LogP contribution in [0.3, 0.4) is 0 Å². The lowest BCUT2D eigenvalue weighted by molar-refractivity contribution is 0.0688. The van der Waals surface area contributed by atoms with Crippen LogP contribution in [0.4, 0.5) is 0 Å². The van der Waals surface area contributed by atoms with Gasteiger partial charge in [-0.15, -0.1) is 0 Å². The number of rotatable bonds is 1. The van der Waals surface area contributed by atoms with Crippen LogP contribution >= 0.6 is 0 Å². The fourth-order valence-electron chi connectivity index (χ4n) is 5.00. The van der Waals surface area contributed by atoms with E-state index in [1.54, 1.807) is 5.56 Å². The van der Waals surface area contributed by atoms with Crippen molar-refractivity contribution in [1.82, 2.24) is 0 Å². The summed E-state index contributed by atoms with van der Waals surface area (Å²) in [6, 6.07) is 9.79. The summed E-state index contributed by atoms with van der Waals surface area (Å²) >= 11 is 0. The summed E-state index contributed by atoms with van der Waals surface area (Å²) in [7, 11) is 0. The Balaban J connectivity index is 2.08. The maximum Gasteiger partial charge on any atom is 0.0690 e. The Morgan fingerprint density at radius 1 is 1.24 bits per heavy atom. The Hall–Kier alpha value is -1.29. The lowest BCUT2D eigenvalue weighted by Crippen LogP contribution is -2.48. The molecule has 1 nitrogen and oxygen atoms in total. The zero-order chi connectivity index (χ0) is 15.3.